The number of aryl methyl sites for hydroxylation is 1. The Morgan fingerprint density at radius 2 is 2.05 bits per heavy atom. The lowest BCUT2D eigenvalue weighted by atomic mass is 9.79. The molecule has 0 aliphatic rings. The number of benzene rings is 1. The fraction of sp³-hybridized carbons (Fsp3) is 0.167. The Kier molecular flexibility index (Phi) is 3.78. The molecule has 0 amide bonds. The molecule has 1 aromatic carbocycles. The largest absolute Gasteiger partial charge is 0.491 e. The second-order valence-corrected chi connectivity index (χ2v) is 4.20. The van der Waals surface area contributed by atoms with Crippen LogP contribution in [-0.2, 0) is 6.54 Å². The molecule has 0 fully saturated rings. The Morgan fingerprint density at radius 3 is 2.74 bits per heavy atom. The standard InChI is InChI=1S/C12H12BFN2O3/c1-8-2-5-12(17)16(15-8)7-9-3-4-11(14)10(6-9)13(18)19/h2-6,18-19H,7H2,1H3. The summed E-state index contributed by atoms with van der Waals surface area (Å²) in [5, 5.41) is 22.1. The van der Waals surface area contributed by atoms with Crippen molar-refractivity contribution in [2.75, 3.05) is 0 Å². The highest BCUT2D eigenvalue weighted by atomic mass is 19.1. The summed E-state index contributed by atoms with van der Waals surface area (Å²) >= 11 is 0. The summed E-state index contributed by atoms with van der Waals surface area (Å²) in [5.74, 6) is -0.705. The van der Waals surface area contributed by atoms with Crippen LogP contribution in [0.25, 0.3) is 0 Å². The summed E-state index contributed by atoms with van der Waals surface area (Å²) in [4.78, 5) is 11.6. The van der Waals surface area contributed by atoms with E-state index in [0.717, 1.165) is 6.07 Å². The third-order valence-corrected chi connectivity index (χ3v) is 2.67. The first-order valence-corrected chi connectivity index (χ1v) is 5.66. The number of hydrogen-bond acceptors (Lipinski definition) is 4. The van der Waals surface area contributed by atoms with Crippen LogP contribution in [0.4, 0.5) is 4.39 Å². The van der Waals surface area contributed by atoms with Gasteiger partial charge >= 0.3 is 7.12 Å². The first-order chi connectivity index (χ1) is 8.97. The Hall–Kier alpha value is -1.99. The van der Waals surface area contributed by atoms with Crippen molar-refractivity contribution in [2.24, 2.45) is 0 Å². The predicted molar refractivity (Wildman–Crippen MR) is 68.6 cm³/mol. The van der Waals surface area contributed by atoms with Crippen LogP contribution >= 0.6 is 0 Å². The van der Waals surface area contributed by atoms with Gasteiger partial charge in [-0.15, -0.1) is 0 Å². The first-order valence-electron chi connectivity index (χ1n) is 5.66. The fourth-order valence-electron chi connectivity index (χ4n) is 1.73. The lowest BCUT2D eigenvalue weighted by molar-refractivity contribution is 0.423. The molecular weight excluding hydrogens is 250 g/mol. The van der Waals surface area contributed by atoms with E-state index in [1.165, 1.54) is 22.9 Å². The van der Waals surface area contributed by atoms with E-state index in [0.29, 0.717) is 11.3 Å². The lowest BCUT2D eigenvalue weighted by Gasteiger charge is -2.08. The first kappa shape index (κ1) is 13.4. The molecule has 5 nitrogen and oxygen atoms in total. The van der Waals surface area contributed by atoms with Crippen molar-refractivity contribution in [3.8, 4) is 0 Å². The molecule has 1 heterocycles. The zero-order valence-corrected chi connectivity index (χ0v) is 10.2. The number of nitrogens with zero attached hydrogens (tertiary/aromatic N) is 2. The molecule has 0 radical (unpaired) electrons. The Labute approximate surface area is 109 Å². The molecule has 0 saturated heterocycles. The summed E-state index contributed by atoms with van der Waals surface area (Å²) in [5.41, 5.74) is 0.744. The van der Waals surface area contributed by atoms with Crippen LogP contribution in [0.3, 0.4) is 0 Å². The number of aromatic nitrogens is 2. The van der Waals surface area contributed by atoms with E-state index in [4.69, 9.17) is 10.0 Å². The average Bonchev–Trinajstić information content (AvgIpc) is 2.36. The molecule has 0 bridgehead atoms. The van der Waals surface area contributed by atoms with Crippen molar-refractivity contribution in [3.05, 3.63) is 57.8 Å². The van der Waals surface area contributed by atoms with Crippen molar-refractivity contribution in [1.29, 1.82) is 0 Å². The molecule has 2 N–H and O–H groups in total. The molecule has 19 heavy (non-hydrogen) atoms. The maximum atomic E-state index is 13.3. The molecule has 0 aliphatic carbocycles. The van der Waals surface area contributed by atoms with E-state index >= 15 is 0 Å². The highest BCUT2D eigenvalue weighted by Crippen LogP contribution is 2.03. The van der Waals surface area contributed by atoms with Crippen LogP contribution in [0.5, 0.6) is 0 Å². The molecule has 0 atom stereocenters. The maximum Gasteiger partial charge on any atom is 0.491 e. The molecule has 2 rings (SSSR count). The van der Waals surface area contributed by atoms with Gasteiger partial charge in [0.15, 0.2) is 0 Å². The topological polar surface area (TPSA) is 75.4 Å². The van der Waals surface area contributed by atoms with E-state index in [-0.39, 0.29) is 17.6 Å². The van der Waals surface area contributed by atoms with Gasteiger partial charge in [-0.25, -0.2) is 9.07 Å². The zero-order chi connectivity index (χ0) is 14.0. The molecule has 0 saturated carbocycles. The Bertz CT molecular complexity index is 658. The van der Waals surface area contributed by atoms with Gasteiger partial charge in [-0.1, -0.05) is 12.1 Å². The minimum atomic E-state index is -1.89. The molecule has 7 heteroatoms. The zero-order valence-electron chi connectivity index (χ0n) is 10.2. The predicted octanol–water partition coefficient (Wildman–Crippen LogP) is -0.581. The average molecular weight is 262 g/mol. The quantitative estimate of drug-likeness (QED) is 0.725. The van der Waals surface area contributed by atoms with Gasteiger partial charge in [0.25, 0.3) is 5.56 Å². The van der Waals surface area contributed by atoms with Gasteiger partial charge in [-0.3, -0.25) is 4.79 Å². The van der Waals surface area contributed by atoms with Crippen LogP contribution in [0.1, 0.15) is 11.3 Å². The van der Waals surface area contributed by atoms with Crippen LogP contribution < -0.4 is 11.0 Å². The SMILES string of the molecule is Cc1ccc(=O)n(Cc2ccc(F)c(B(O)O)c2)n1. The second-order valence-electron chi connectivity index (χ2n) is 4.20. The van der Waals surface area contributed by atoms with Crippen LogP contribution in [0, 0.1) is 12.7 Å². The third-order valence-electron chi connectivity index (χ3n) is 2.67. The Balaban J connectivity index is 2.36. The van der Waals surface area contributed by atoms with E-state index in [1.54, 1.807) is 13.0 Å². The van der Waals surface area contributed by atoms with E-state index in [9.17, 15) is 9.18 Å². The minimum absolute atomic E-state index is 0.139. The molecule has 0 spiro atoms. The van der Waals surface area contributed by atoms with Crippen molar-refractivity contribution in [1.82, 2.24) is 9.78 Å². The summed E-state index contributed by atoms with van der Waals surface area (Å²) in [6, 6.07) is 6.90. The monoisotopic (exact) mass is 262 g/mol. The fourth-order valence-corrected chi connectivity index (χ4v) is 1.73. The number of halogens is 1. The molecule has 0 aliphatic heterocycles. The van der Waals surface area contributed by atoms with Gasteiger partial charge < -0.3 is 10.0 Å². The molecule has 98 valence electrons. The van der Waals surface area contributed by atoms with Crippen molar-refractivity contribution in [2.45, 2.75) is 13.5 Å². The van der Waals surface area contributed by atoms with E-state index < -0.39 is 12.9 Å². The highest BCUT2D eigenvalue weighted by molar-refractivity contribution is 6.58. The summed E-state index contributed by atoms with van der Waals surface area (Å²) in [6.07, 6.45) is 0. The number of hydrogen-bond donors (Lipinski definition) is 2. The number of rotatable bonds is 3. The van der Waals surface area contributed by atoms with Crippen LogP contribution in [0.2, 0.25) is 0 Å². The van der Waals surface area contributed by atoms with Gasteiger partial charge in [0, 0.05) is 11.5 Å². The third kappa shape index (κ3) is 3.07. The summed E-state index contributed by atoms with van der Waals surface area (Å²) < 4.78 is 14.5. The van der Waals surface area contributed by atoms with E-state index in [1.807, 2.05) is 0 Å². The smallest absolute Gasteiger partial charge is 0.423 e. The van der Waals surface area contributed by atoms with Gasteiger partial charge in [0.2, 0.25) is 0 Å². The Morgan fingerprint density at radius 1 is 1.32 bits per heavy atom. The summed E-state index contributed by atoms with van der Waals surface area (Å²) in [6.45, 7) is 1.89. The van der Waals surface area contributed by atoms with Gasteiger partial charge in [0.1, 0.15) is 5.82 Å². The maximum absolute atomic E-state index is 13.3. The minimum Gasteiger partial charge on any atom is -0.423 e. The highest BCUT2D eigenvalue weighted by Gasteiger charge is 2.17. The van der Waals surface area contributed by atoms with Gasteiger partial charge in [-0.2, -0.15) is 5.10 Å². The van der Waals surface area contributed by atoms with Gasteiger partial charge in [-0.05, 0) is 24.6 Å². The van der Waals surface area contributed by atoms with Crippen LogP contribution in [-0.4, -0.2) is 26.9 Å². The molecular formula is C12H12BFN2O3. The van der Waals surface area contributed by atoms with Crippen LogP contribution in [0.15, 0.2) is 35.1 Å². The summed E-state index contributed by atoms with van der Waals surface area (Å²) in [7, 11) is -1.89. The van der Waals surface area contributed by atoms with E-state index in [2.05, 4.69) is 5.10 Å². The molecule has 1 aromatic heterocycles. The van der Waals surface area contributed by atoms with Gasteiger partial charge in [0.05, 0.1) is 12.2 Å². The molecule has 2 aromatic rings. The molecule has 0 unspecified atom stereocenters. The van der Waals surface area contributed by atoms with Crippen molar-refractivity contribution in [3.63, 3.8) is 0 Å². The lowest BCUT2D eigenvalue weighted by Crippen LogP contribution is -2.33. The second kappa shape index (κ2) is 5.33. The van der Waals surface area contributed by atoms with Crippen molar-refractivity contribution >= 4 is 12.6 Å². The normalized spacial score (nSPS) is 10.5. The van der Waals surface area contributed by atoms with Crippen molar-refractivity contribution < 1.29 is 14.4 Å².